The van der Waals surface area contributed by atoms with Crippen molar-refractivity contribution >= 4 is 32.1 Å². The summed E-state index contributed by atoms with van der Waals surface area (Å²) in [5, 5.41) is 2.12. The van der Waals surface area contributed by atoms with Crippen LogP contribution in [0.5, 0.6) is 11.5 Å². The summed E-state index contributed by atoms with van der Waals surface area (Å²) in [5.74, 6) is 1.49. The van der Waals surface area contributed by atoms with Gasteiger partial charge in [-0.3, -0.25) is 0 Å². The number of ether oxygens (including phenoxy) is 2. The zero-order chi connectivity index (χ0) is 14.8. The summed E-state index contributed by atoms with van der Waals surface area (Å²) < 4.78 is 13.2. The predicted octanol–water partition coefficient (Wildman–Crippen LogP) is 4.22. The first-order valence-electron chi connectivity index (χ1n) is 6.64. The van der Waals surface area contributed by atoms with E-state index in [1.165, 1.54) is 14.3 Å². The van der Waals surface area contributed by atoms with Gasteiger partial charge in [-0.2, -0.15) is 0 Å². The van der Waals surface area contributed by atoms with E-state index in [2.05, 4.69) is 17.5 Å². The number of nitrogens with two attached hydrogens (primary N) is 1. The molecule has 1 atom stereocenters. The number of methoxy groups -OCH3 is 2. The summed E-state index contributed by atoms with van der Waals surface area (Å²) in [7, 11) is 3.29. The summed E-state index contributed by atoms with van der Waals surface area (Å²) >= 11 is 3.54. The SMILES string of the molecule is COc1ccc(CC(N)c2cc3sccc3s2)cc1OC. The monoisotopic (exact) mass is 319 g/mol. The lowest BCUT2D eigenvalue weighted by Gasteiger charge is -2.12. The second-order valence-corrected chi connectivity index (χ2v) is 6.86. The van der Waals surface area contributed by atoms with Crippen molar-refractivity contribution in [2.45, 2.75) is 12.5 Å². The minimum atomic E-state index is 0.00713. The molecule has 1 unspecified atom stereocenters. The van der Waals surface area contributed by atoms with Gasteiger partial charge in [-0.05, 0) is 41.6 Å². The Bertz CT molecular complexity index is 719. The fourth-order valence-corrected chi connectivity index (χ4v) is 4.45. The molecule has 5 heteroatoms. The topological polar surface area (TPSA) is 44.5 Å². The first-order valence-corrected chi connectivity index (χ1v) is 8.34. The van der Waals surface area contributed by atoms with Crippen molar-refractivity contribution in [1.82, 2.24) is 0 Å². The molecule has 110 valence electrons. The molecule has 2 heterocycles. The average molecular weight is 319 g/mol. The number of hydrogen-bond acceptors (Lipinski definition) is 5. The Kier molecular flexibility index (Phi) is 4.14. The fourth-order valence-electron chi connectivity index (χ4n) is 2.33. The molecule has 0 aliphatic carbocycles. The van der Waals surface area contributed by atoms with E-state index in [9.17, 15) is 0 Å². The van der Waals surface area contributed by atoms with Crippen LogP contribution in [0.25, 0.3) is 9.40 Å². The van der Waals surface area contributed by atoms with Crippen molar-refractivity contribution in [1.29, 1.82) is 0 Å². The molecule has 0 fully saturated rings. The zero-order valence-corrected chi connectivity index (χ0v) is 13.6. The van der Waals surface area contributed by atoms with Crippen molar-refractivity contribution in [3.63, 3.8) is 0 Å². The molecule has 0 aliphatic heterocycles. The van der Waals surface area contributed by atoms with E-state index in [0.717, 1.165) is 23.5 Å². The van der Waals surface area contributed by atoms with Gasteiger partial charge in [0.25, 0.3) is 0 Å². The number of rotatable bonds is 5. The van der Waals surface area contributed by atoms with Crippen molar-refractivity contribution in [3.8, 4) is 11.5 Å². The van der Waals surface area contributed by atoms with E-state index in [1.807, 2.05) is 18.2 Å². The molecule has 0 saturated carbocycles. The van der Waals surface area contributed by atoms with Gasteiger partial charge in [-0.15, -0.1) is 22.7 Å². The highest BCUT2D eigenvalue weighted by molar-refractivity contribution is 7.26. The molecule has 2 aromatic heterocycles. The molecule has 0 saturated heterocycles. The molecule has 0 spiro atoms. The van der Waals surface area contributed by atoms with E-state index < -0.39 is 0 Å². The summed E-state index contributed by atoms with van der Waals surface area (Å²) in [6.07, 6.45) is 0.786. The van der Waals surface area contributed by atoms with Gasteiger partial charge in [-0.25, -0.2) is 0 Å². The Balaban J connectivity index is 1.80. The third-order valence-electron chi connectivity index (χ3n) is 3.43. The maximum absolute atomic E-state index is 6.36. The fraction of sp³-hybridized carbons (Fsp3) is 0.250. The highest BCUT2D eigenvalue weighted by atomic mass is 32.1. The Hall–Kier alpha value is -1.56. The minimum absolute atomic E-state index is 0.00713. The molecule has 3 nitrogen and oxygen atoms in total. The smallest absolute Gasteiger partial charge is 0.160 e. The zero-order valence-electron chi connectivity index (χ0n) is 12.0. The maximum atomic E-state index is 6.36. The molecular formula is C16H17NO2S2. The second-order valence-electron chi connectivity index (χ2n) is 4.80. The van der Waals surface area contributed by atoms with E-state index >= 15 is 0 Å². The summed E-state index contributed by atoms with van der Waals surface area (Å²) in [4.78, 5) is 1.23. The lowest BCUT2D eigenvalue weighted by atomic mass is 10.0. The van der Waals surface area contributed by atoms with E-state index in [1.54, 1.807) is 36.9 Å². The Labute approximate surface area is 131 Å². The largest absolute Gasteiger partial charge is 0.493 e. The predicted molar refractivity (Wildman–Crippen MR) is 89.9 cm³/mol. The standard InChI is InChI=1S/C16H17NO2S2/c1-18-12-4-3-10(8-13(12)19-2)7-11(17)15-9-16-14(21-15)5-6-20-16/h3-6,8-9,11H,7,17H2,1-2H3. The first-order chi connectivity index (χ1) is 10.2. The Morgan fingerprint density at radius 2 is 1.86 bits per heavy atom. The Morgan fingerprint density at radius 3 is 2.57 bits per heavy atom. The summed E-state index contributed by atoms with van der Waals surface area (Å²) in [6.45, 7) is 0. The van der Waals surface area contributed by atoms with Crippen LogP contribution in [0.1, 0.15) is 16.5 Å². The van der Waals surface area contributed by atoms with Gasteiger partial charge in [0.15, 0.2) is 11.5 Å². The number of benzene rings is 1. The van der Waals surface area contributed by atoms with Crippen LogP contribution in [0, 0.1) is 0 Å². The second kappa shape index (κ2) is 6.05. The molecule has 3 rings (SSSR count). The van der Waals surface area contributed by atoms with Crippen LogP contribution in [0.15, 0.2) is 35.7 Å². The van der Waals surface area contributed by atoms with Crippen LogP contribution < -0.4 is 15.2 Å². The molecule has 0 radical (unpaired) electrons. The van der Waals surface area contributed by atoms with Gasteiger partial charge in [0.1, 0.15) is 0 Å². The normalized spacial score (nSPS) is 12.5. The minimum Gasteiger partial charge on any atom is -0.493 e. The molecule has 0 aliphatic rings. The average Bonchev–Trinajstić information content (AvgIpc) is 3.08. The molecule has 0 amide bonds. The van der Waals surface area contributed by atoms with Crippen LogP contribution in [0.3, 0.4) is 0 Å². The highest BCUT2D eigenvalue weighted by Crippen LogP contribution is 2.34. The highest BCUT2D eigenvalue weighted by Gasteiger charge is 2.13. The number of fused-ring (bicyclic) bond motifs is 1. The van der Waals surface area contributed by atoms with Crippen molar-refractivity contribution in [2.75, 3.05) is 14.2 Å². The Morgan fingerprint density at radius 1 is 1.05 bits per heavy atom. The molecule has 21 heavy (non-hydrogen) atoms. The number of thiophene rings is 2. The molecule has 2 N–H and O–H groups in total. The van der Waals surface area contributed by atoms with Gasteiger partial charge in [0.2, 0.25) is 0 Å². The van der Waals surface area contributed by atoms with Crippen LogP contribution in [-0.2, 0) is 6.42 Å². The van der Waals surface area contributed by atoms with E-state index in [-0.39, 0.29) is 6.04 Å². The molecule has 1 aromatic carbocycles. The van der Waals surface area contributed by atoms with E-state index in [0.29, 0.717) is 0 Å². The van der Waals surface area contributed by atoms with Gasteiger partial charge >= 0.3 is 0 Å². The van der Waals surface area contributed by atoms with Gasteiger partial charge < -0.3 is 15.2 Å². The van der Waals surface area contributed by atoms with Crippen molar-refractivity contribution < 1.29 is 9.47 Å². The lowest BCUT2D eigenvalue weighted by Crippen LogP contribution is -2.11. The maximum Gasteiger partial charge on any atom is 0.160 e. The molecule has 0 bridgehead atoms. The van der Waals surface area contributed by atoms with Gasteiger partial charge in [-0.1, -0.05) is 6.07 Å². The first kappa shape index (κ1) is 14.4. The van der Waals surface area contributed by atoms with Crippen molar-refractivity contribution in [3.05, 3.63) is 46.2 Å². The lowest BCUT2D eigenvalue weighted by molar-refractivity contribution is 0.354. The third kappa shape index (κ3) is 2.90. The summed E-state index contributed by atoms with van der Waals surface area (Å²) in [6, 6.07) is 10.3. The van der Waals surface area contributed by atoms with Crippen LogP contribution in [0.2, 0.25) is 0 Å². The van der Waals surface area contributed by atoms with Crippen LogP contribution in [0.4, 0.5) is 0 Å². The molecular weight excluding hydrogens is 302 g/mol. The number of hydrogen-bond donors (Lipinski definition) is 1. The van der Waals surface area contributed by atoms with Crippen molar-refractivity contribution in [2.24, 2.45) is 5.73 Å². The van der Waals surface area contributed by atoms with E-state index in [4.69, 9.17) is 15.2 Å². The van der Waals surface area contributed by atoms with Crippen LogP contribution >= 0.6 is 22.7 Å². The third-order valence-corrected chi connectivity index (χ3v) is 5.65. The van der Waals surface area contributed by atoms with Crippen LogP contribution in [-0.4, -0.2) is 14.2 Å². The quantitative estimate of drug-likeness (QED) is 0.765. The van der Waals surface area contributed by atoms with Gasteiger partial charge in [0, 0.05) is 20.3 Å². The molecule has 3 aromatic rings. The van der Waals surface area contributed by atoms with Gasteiger partial charge in [0.05, 0.1) is 14.2 Å². The summed E-state index contributed by atoms with van der Waals surface area (Å²) in [5.41, 5.74) is 7.51.